The van der Waals surface area contributed by atoms with E-state index in [-0.39, 0.29) is 6.04 Å². The third-order valence-corrected chi connectivity index (χ3v) is 3.91. The molecule has 5 nitrogen and oxygen atoms in total. The molecule has 1 aliphatic heterocycles. The number of hydrogen-bond donors (Lipinski definition) is 1. The molecule has 2 heterocycles. The predicted octanol–water partition coefficient (Wildman–Crippen LogP) is 1.12. The number of aromatic nitrogens is 1. The van der Waals surface area contributed by atoms with Gasteiger partial charge in [0.2, 0.25) is 0 Å². The number of rotatable bonds is 5. The fourth-order valence-electron chi connectivity index (χ4n) is 2.57. The number of likely N-dealkylation sites (N-methyl/N-ethyl adjacent to an activating group) is 2. The maximum atomic E-state index is 6.46. The summed E-state index contributed by atoms with van der Waals surface area (Å²) in [7, 11) is 4.29. The summed E-state index contributed by atoms with van der Waals surface area (Å²) in [5.74, 6) is 0.812. The summed E-state index contributed by atoms with van der Waals surface area (Å²) in [5.41, 5.74) is 7.50. The van der Waals surface area contributed by atoms with E-state index in [2.05, 4.69) is 35.8 Å². The summed E-state index contributed by atoms with van der Waals surface area (Å²) in [6, 6.07) is 2.30. The van der Waals surface area contributed by atoms with Crippen molar-refractivity contribution in [3.63, 3.8) is 0 Å². The van der Waals surface area contributed by atoms with Crippen molar-refractivity contribution in [1.29, 1.82) is 0 Å². The Balaban J connectivity index is 2.09. The predicted molar refractivity (Wildman–Crippen MR) is 80.9 cm³/mol. The van der Waals surface area contributed by atoms with Crippen LogP contribution in [0.4, 0.5) is 0 Å². The van der Waals surface area contributed by atoms with Gasteiger partial charge in [0.1, 0.15) is 5.75 Å². The van der Waals surface area contributed by atoms with Gasteiger partial charge in [0.05, 0.1) is 12.8 Å². The quantitative estimate of drug-likeness (QED) is 0.874. The van der Waals surface area contributed by atoms with Crippen molar-refractivity contribution < 1.29 is 4.74 Å². The van der Waals surface area contributed by atoms with E-state index >= 15 is 0 Å². The fraction of sp³-hybridized carbons (Fsp3) is 0.667. The third-order valence-electron chi connectivity index (χ3n) is 3.91. The highest BCUT2D eigenvalue weighted by Gasteiger charge is 2.28. The van der Waals surface area contributed by atoms with E-state index < -0.39 is 0 Å². The van der Waals surface area contributed by atoms with Gasteiger partial charge in [-0.05, 0) is 32.1 Å². The summed E-state index contributed by atoms with van der Waals surface area (Å²) < 4.78 is 5.64. The zero-order valence-corrected chi connectivity index (χ0v) is 12.7. The number of pyridine rings is 1. The van der Waals surface area contributed by atoms with Crippen LogP contribution in [0.5, 0.6) is 5.75 Å². The second-order valence-electron chi connectivity index (χ2n) is 5.64. The smallest absolute Gasteiger partial charge is 0.137 e. The number of piperazine rings is 1. The van der Waals surface area contributed by atoms with Gasteiger partial charge >= 0.3 is 0 Å². The molecule has 2 rings (SSSR count). The molecule has 0 radical (unpaired) electrons. The van der Waals surface area contributed by atoms with Crippen LogP contribution in [0.1, 0.15) is 24.9 Å². The SMILES string of the molecule is CCCOc1cncc(C(N)C2CN(C)CCN2C)c1. The van der Waals surface area contributed by atoms with Crippen molar-refractivity contribution in [3.05, 3.63) is 24.0 Å². The van der Waals surface area contributed by atoms with Crippen molar-refractivity contribution in [2.75, 3.05) is 40.3 Å². The van der Waals surface area contributed by atoms with E-state index in [0.29, 0.717) is 12.6 Å². The Labute approximate surface area is 121 Å². The van der Waals surface area contributed by atoms with Gasteiger partial charge in [-0.15, -0.1) is 0 Å². The van der Waals surface area contributed by atoms with Crippen LogP contribution in [0.3, 0.4) is 0 Å². The van der Waals surface area contributed by atoms with E-state index in [9.17, 15) is 0 Å². The highest BCUT2D eigenvalue weighted by Crippen LogP contribution is 2.23. The van der Waals surface area contributed by atoms with E-state index in [1.165, 1.54) is 0 Å². The van der Waals surface area contributed by atoms with Gasteiger partial charge in [-0.2, -0.15) is 0 Å². The first kappa shape index (κ1) is 15.2. The van der Waals surface area contributed by atoms with Crippen LogP contribution >= 0.6 is 0 Å². The zero-order chi connectivity index (χ0) is 14.5. The molecule has 0 amide bonds. The van der Waals surface area contributed by atoms with Crippen LogP contribution in [0, 0.1) is 0 Å². The normalized spacial score (nSPS) is 22.7. The average molecular weight is 278 g/mol. The first-order valence-corrected chi connectivity index (χ1v) is 7.34. The van der Waals surface area contributed by atoms with Crippen molar-refractivity contribution in [3.8, 4) is 5.75 Å². The summed E-state index contributed by atoms with van der Waals surface area (Å²) in [4.78, 5) is 8.93. The summed E-state index contributed by atoms with van der Waals surface area (Å²) in [6.45, 7) is 5.94. The van der Waals surface area contributed by atoms with Gasteiger partial charge in [0, 0.05) is 37.9 Å². The van der Waals surface area contributed by atoms with Gasteiger partial charge in [-0.3, -0.25) is 9.88 Å². The minimum atomic E-state index is -0.0413. The van der Waals surface area contributed by atoms with Gasteiger partial charge in [0.25, 0.3) is 0 Å². The van der Waals surface area contributed by atoms with Crippen LogP contribution in [0.15, 0.2) is 18.5 Å². The number of nitrogens with zero attached hydrogens (tertiary/aromatic N) is 3. The number of hydrogen-bond acceptors (Lipinski definition) is 5. The lowest BCUT2D eigenvalue weighted by molar-refractivity contribution is 0.0972. The molecule has 112 valence electrons. The van der Waals surface area contributed by atoms with E-state index in [1.54, 1.807) is 6.20 Å². The minimum Gasteiger partial charge on any atom is -0.492 e. The highest BCUT2D eigenvalue weighted by molar-refractivity contribution is 5.27. The van der Waals surface area contributed by atoms with Gasteiger partial charge in [0.15, 0.2) is 0 Å². The van der Waals surface area contributed by atoms with Crippen LogP contribution in [-0.2, 0) is 0 Å². The standard InChI is InChI=1S/C15H26N4O/c1-4-7-20-13-8-12(9-17-10-13)15(16)14-11-18(2)5-6-19(14)3/h8-10,14-15H,4-7,11,16H2,1-3H3. The second kappa shape index (κ2) is 7.02. The Kier molecular flexibility index (Phi) is 5.34. The monoisotopic (exact) mass is 278 g/mol. The van der Waals surface area contributed by atoms with Crippen LogP contribution < -0.4 is 10.5 Å². The fourth-order valence-corrected chi connectivity index (χ4v) is 2.57. The highest BCUT2D eigenvalue weighted by atomic mass is 16.5. The molecular weight excluding hydrogens is 252 g/mol. The lowest BCUT2D eigenvalue weighted by Gasteiger charge is -2.40. The lowest BCUT2D eigenvalue weighted by Crippen LogP contribution is -2.54. The van der Waals surface area contributed by atoms with Crippen molar-refractivity contribution in [2.45, 2.75) is 25.4 Å². The molecule has 0 saturated carbocycles. The Morgan fingerprint density at radius 2 is 2.20 bits per heavy atom. The molecule has 0 aliphatic carbocycles. The summed E-state index contributed by atoms with van der Waals surface area (Å²) in [5, 5.41) is 0. The number of ether oxygens (including phenoxy) is 1. The second-order valence-corrected chi connectivity index (χ2v) is 5.64. The van der Waals surface area contributed by atoms with Gasteiger partial charge in [-0.25, -0.2) is 0 Å². The van der Waals surface area contributed by atoms with Crippen molar-refractivity contribution >= 4 is 0 Å². The lowest BCUT2D eigenvalue weighted by atomic mass is 9.98. The van der Waals surface area contributed by atoms with E-state index in [4.69, 9.17) is 10.5 Å². The van der Waals surface area contributed by atoms with Gasteiger partial charge in [-0.1, -0.05) is 6.92 Å². The maximum Gasteiger partial charge on any atom is 0.137 e. The molecule has 20 heavy (non-hydrogen) atoms. The molecule has 1 aliphatic rings. The van der Waals surface area contributed by atoms with E-state index in [0.717, 1.165) is 37.4 Å². The number of nitrogens with two attached hydrogens (primary N) is 1. The molecule has 2 atom stereocenters. The molecule has 1 aromatic rings. The molecule has 2 N–H and O–H groups in total. The Morgan fingerprint density at radius 1 is 1.40 bits per heavy atom. The van der Waals surface area contributed by atoms with Crippen molar-refractivity contribution in [2.24, 2.45) is 5.73 Å². The topological polar surface area (TPSA) is 54.6 Å². The Bertz CT molecular complexity index is 426. The Morgan fingerprint density at radius 3 is 2.95 bits per heavy atom. The largest absolute Gasteiger partial charge is 0.492 e. The summed E-state index contributed by atoms with van der Waals surface area (Å²) >= 11 is 0. The first-order chi connectivity index (χ1) is 9.61. The molecular formula is C15H26N4O. The zero-order valence-electron chi connectivity index (χ0n) is 12.7. The molecule has 0 spiro atoms. The molecule has 1 saturated heterocycles. The first-order valence-electron chi connectivity index (χ1n) is 7.34. The molecule has 0 aromatic carbocycles. The van der Waals surface area contributed by atoms with Gasteiger partial charge < -0.3 is 15.4 Å². The molecule has 1 aromatic heterocycles. The molecule has 5 heteroatoms. The van der Waals surface area contributed by atoms with E-state index in [1.807, 2.05) is 12.3 Å². The van der Waals surface area contributed by atoms with Crippen molar-refractivity contribution in [1.82, 2.24) is 14.8 Å². The molecule has 0 bridgehead atoms. The average Bonchev–Trinajstić information content (AvgIpc) is 2.47. The maximum absolute atomic E-state index is 6.46. The summed E-state index contributed by atoms with van der Waals surface area (Å²) in [6.07, 6.45) is 4.60. The van der Waals surface area contributed by atoms with Crippen LogP contribution in [0.25, 0.3) is 0 Å². The molecule has 1 fully saturated rings. The Hall–Kier alpha value is -1.17. The minimum absolute atomic E-state index is 0.0413. The van der Waals surface area contributed by atoms with Crippen LogP contribution in [0.2, 0.25) is 0 Å². The molecule has 2 unspecified atom stereocenters. The van der Waals surface area contributed by atoms with Crippen LogP contribution in [-0.4, -0.2) is 61.2 Å². The third kappa shape index (κ3) is 3.69.